The summed E-state index contributed by atoms with van der Waals surface area (Å²) >= 11 is 6.35. The van der Waals surface area contributed by atoms with Gasteiger partial charge in [0.2, 0.25) is 0 Å². The SMILES string of the molecule is CCc1nn(CC)c(CC(=O)c2cc(C)nnc2C)c1Cl. The van der Waals surface area contributed by atoms with Crippen LogP contribution in [-0.2, 0) is 19.4 Å². The molecule has 2 rings (SSSR count). The Hall–Kier alpha value is -1.75. The Morgan fingerprint density at radius 3 is 2.62 bits per heavy atom. The Morgan fingerprint density at radius 2 is 2.00 bits per heavy atom. The van der Waals surface area contributed by atoms with Crippen LogP contribution in [-0.4, -0.2) is 25.8 Å². The van der Waals surface area contributed by atoms with Gasteiger partial charge in [-0.1, -0.05) is 18.5 Å². The number of halogens is 1. The highest BCUT2D eigenvalue weighted by Gasteiger charge is 2.19. The van der Waals surface area contributed by atoms with Gasteiger partial charge in [0.05, 0.1) is 34.2 Å². The van der Waals surface area contributed by atoms with Crippen LogP contribution in [0.1, 0.15) is 47.0 Å². The number of Topliss-reactive ketones (excluding diaryl/α,β-unsaturated/α-hetero) is 1. The summed E-state index contributed by atoms with van der Waals surface area (Å²) in [4.78, 5) is 12.5. The van der Waals surface area contributed by atoms with Gasteiger partial charge >= 0.3 is 0 Å². The molecular weight excluding hydrogens is 288 g/mol. The number of ketones is 1. The standard InChI is InChI=1S/C15H19ClN4O/c1-5-12-15(16)13(20(6-2)19-12)8-14(21)11-7-9(3)17-18-10(11)4/h7H,5-6,8H2,1-4H3. The van der Waals surface area contributed by atoms with Crippen LogP contribution in [0.3, 0.4) is 0 Å². The number of aryl methyl sites for hydroxylation is 4. The van der Waals surface area contributed by atoms with Gasteiger partial charge in [0.1, 0.15) is 0 Å². The zero-order valence-electron chi connectivity index (χ0n) is 12.8. The summed E-state index contributed by atoms with van der Waals surface area (Å²) in [5, 5.41) is 13.0. The van der Waals surface area contributed by atoms with Crippen molar-refractivity contribution in [3.63, 3.8) is 0 Å². The van der Waals surface area contributed by atoms with E-state index in [-0.39, 0.29) is 12.2 Å². The Morgan fingerprint density at radius 1 is 1.29 bits per heavy atom. The van der Waals surface area contributed by atoms with E-state index in [2.05, 4.69) is 15.3 Å². The van der Waals surface area contributed by atoms with Gasteiger partial charge in [-0.3, -0.25) is 9.48 Å². The van der Waals surface area contributed by atoms with Gasteiger partial charge in [-0.15, -0.1) is 0 Å². The van der Waals surface area contributed by atoms with Crippen molar-refractivity contribution >= 4 is 17.4 Å². The fourth-order valence-corrected chi connectivity index (χ4v) is 2.60. The highest BCUT2D eigenvalue weighted by molar-refractivity contribution is 6.32. The summed E-state index contributed by atoms with van der Waals surface area (Å²) in [5.74, 6) is -0.00958. The molecule has 0 amide bonds. The van der Waals surface area contributed by atoms with Crippen molar-refractivity contribution in [1.82, 2.24) is 20.0 Å². The van der Waals surface area contributed by atoms with Crippen molar-refractivity contribution in [2.45, 2.75) is 47.1 Å². The second kappa shape index (κ2) is 6.35. The molecule has 6 heteroatoms. The summed E-state index contributed by atoms with van der Waals surface area (Å²) in [5.41, 5.74) is 3.57. The first-order valence-electron chi connectivity index (χ1n) is 7.06. The van der Waals surface area contributed by atoms with Gasteiger partial charge in [0, 0.05) is 12.1 Å². The zero-order valence-corrected chi connectivity index (χ0v) is 13.5. The third kappa shape index (κ3) is 3.13. The normalized spacial score (nSPS) is 10.9. The van der Waals surface area contributed by atoms with E-state index >= 15 is 0 Å². The number of hydrogen-bond acceptors (Lipinski definition) is 4. The van der Waals surface area contributed by atoms with Crippen molar-refractivity contribution in [2.75, 3.05) is 0 Å². The van der Waals surface area contributed by atoms with Gasteiger partial charge < -0.3 is 0 Å². The predicted octanol–water partition coefficient (Wildman–Crippen LogP) is 2.95. The monoisotopic (exact) mass is 306 g/mol. The third-order valence-electron chi connectivity index (χ3n) is 3.42. The summed E-state index contributed by atoms with van der Waals surface area (Å²) in [6, 6.07) is 1.77. The van der Waals surface area contributed by atoms with E-state index in [0.717, 1.165) is 23.5 Å². The second-order valence-electron chi connectivity index (χ2n) is 4.96. The number of carbonyl (C=O) groups is 1. The number of nitrogens with zero attached hydrogens (tertiary/aromatic N) is 4. The fraction of sp³-hybridized carbons (Fsp3) is 0.467. The van der Waals surface area contributed by atoms with Crippen LogP contribution in [0.2, 0.25) is 5.02 Å². The minimum absolute atomic E-state index is 0.00958. The molecule has 0 N–H and O–H groups in total. The lowest BCUT2D eigenvalue weighted by Crippen LogP contribution is -2.12. The Labute approximate surface area is 129 Å². The molecule has 0 aliphatic rings. The number of hydrogen-bond donors (Lipinski definition) is 0. The number of rotatable bonds is 5. The molecule has 2 aromatic heterocycles. The molecule has 5 nitrogen and oxygen atoms in total. The zero-order chi connectivity index (χ0) is 15.6. The molecule has 0 saturated carbocycles. The van der Waals surface area contributed by atoms with Crippen LogP contribution >= 0.6 is 11.6 Å². The Kier molecular flexibility index (Phi) is 4.73. The van der Waals surface area contributed by atoms with E-state index in [0.29, 0.717) is 22.8 Å². The first kappa shape index (κ1) is 15.6. The Balaban J connectivity index is 2.35. The minimum atomic E-state index is -0.00958. The van der Waals surface area contributed by atoms with Crippen LogP contribution in [0.4, 0.5) is 0 Å². The molecule has 0 saturated heterocycles. The van der Waals surface area contributed by atoms with E-state index in [9.17, 15) is 4.79 Å². The van der Waals surface area contributed by atoms with Crippen LogP contribution in [0.5, 0.6) is 0 Å². The molecule has 0 fully saturated rings. The average molecular weight is 307 g/mol. The van der Waals surface area contributed by atoms with Crippen LogP contribution < -0.4 is 0 Å². The van der Waals surface area contributed by atoms with Gasteiger partial charge in [-0.2, -0.15) is 15.3 Å². The van der Waals surface area contributed by atoms with Crippen LogP contribution in [0.25, 0.3) is 0 Å². The first-order chi connectivity index (χ1) is 9.97. The molecule has 0 aromatic carbocycles. The maximum atomic E-state index is 12.5. The molecule has 21 heavy (non-hydrogen) atoms. The largest absolute Gasteiger partial charge is 0.294 e. The van der Waals surface area contributed by atoms with Gasteiger partial charge in [-0.25, -0.2) is 0 Å². The molecule has 0 radical (unpaired) electrons. The molecule has 2 heterocycles. The van der Waals surface area contributed by atoms with E-state index in [1.54, 1.807) is 17.7 Å². The van der Waals surface area contributed by atoms with E-state index in [1.165, 1.54) is 0 Å². The quantitative estimate of drug-likeness (QED) is 0.797. The molecule has 0 unspecified atom stereocenters. The van der Waals surface area contributed by atoms with E-state index in [4.69, 9.17) is 11.6 Å². The van der Waals surface area contributed by atoms with E-state index in [1.807, 2.05) is 20.8 Å². The molecule has 112 valence electrons. The van der Waals surface area contributed by atoms with E-state index < -0.39 is 0 Å². The summed E-state index contributed by atoms with van der Waals surface area (Å²) in [7, 11) is 0. The van der Waals surface area contributed by atoms with Crippen molar-refractivity contribution in [3.8, 4) is 0 Å². The lowest BCUT2D eigenvalue weighted by atomic mass is 10.0. The maximum absolute atomic E-state index is 12.5. The number of aromatic nitrogens is 4. The predicted molar refractivity (Wildman–Crippen MR) is 81.8 cm³/mol. The highest BCUT2D eigenvalue weighted by Crippen LogP contribution is 2.23. The van der Waals surface area contributed by atoms with Crippen molar-refractivity contribution in [1.29, 1.82) is 0 Å². The highest BCUT2D eigenvalue weighted by atomic mass is 35.5. The Bertz CT molecular complexity index is 679. The van der Waals surface area contributed by atoms with Crippen LogP contribution in [0, 0.1) is 13.8 Å². The minimum Gasteiger partial charge on any atom is -0.294 e. The fourth-order valence-electron chi connectivity index (χ4n) is 2.27. The molecule has 0 aliphatic heterocycles. The summed E-state index contributed by atoms with van der Waals surface area (Å²) in [6.07, 6.45) is 0.980. The second-order valence-corrected chi connectivity index (χ2v) is 5.34. The van der Waals surface area contributed by atoms with Crippen LogP contribution in [0.15, 0.2) is 6.07 Å². The molecule has 0 spiro atoms. The first-order valence-corrected chi connectivity index (χ1v) is 7.43. The molecule has 0 aliphatic carbocycles. The molecule has 0 atom stereocenters. The number of carbonyl (C=O) groups excluding carboxylic acids is 1. The molecule has 2 aromatic rings. The lowest BCUT2D eigenvalue weighted by Gasteiger charge is -2.07. The topological polar surface area (TPSA) is 60.7 Å². The smallest absolute Gasteiger partial charge is 0.170 e. The molecular formula is C15H19ClN4O. The van der Waals surface area contributed by atoms with Crippen molar-refractivity contribution in [3.05, 3.63) is 39.4 Å². The van der Waals surface area contributed by atoms with Crippen molar-refractivity contribution in [2.24, 2.45) is 0 Å². The summed E-state index contributed by atoms with van der Waals surface area (Å²) in [6.45, 7) is 8.28. The van der Waals surface area contributed by atoms with Crippen molar-refractivity contribution < 1.29 is 4.79 Å². The average Bonchev–Trinajstić information content (AvgIpc) is 2.77. The van der Waals surface area contributed by atoms with Gasteiger partial charge in [-0.05, 0) is 33.3 Å². The maximum Gasteiger partial charge on any atom is 0.170 e. The third-order valence-corrected chi connectivity index (χ3v) is 3.86. The molecule has 0 bridgehead atoms. The van der Waals surface area contributed by atoms with Gasteiger partial charge in [0.15, 0.2) is 5.78 Å². The lowest BCUT2D eigenvalue weighted by molar-refractivity contribution is 0.0989. The summed E-state index contributed by atoms with van der Waals surface area (Å²) < 4.78 is 1.80. The van der Waals surface area contributed by atoms with Gasteiger partial charge in [0.25, 0.3) is 0 Å².